The Kier molecular flexibility index (Phi) is 9.44. The molecule has 2 aromatic carbocycles. The lowest BCUT2D eigenvalue weighted by molar-refractivity contribution is -0.136. The molecule has 6 nitrogen and oxygen atoms in total. The Balaban J connectivity index is 2.41. The van der Waals surface area contributed by atoms with Crippen molar-refractivity contribution in [3.63, 3.8) is 0 Å². The van der Waals surface area contributed by atoms with Crippen LogP contribution in [-0.2, 0) is 25.6 Å². The van der Waals surface area contributed by atoms with Gasteiger partial charge in [-0.05, 0) is 42.5 Å². The molecule has 0 aliphatic carbocycles. The van der Waals surface area contributed by atoms with E-state index in [-0.39, 0.29) is 24.5 Å². The third kappa shape index (κ3) is 6.51. The number of nitrogens with zero attached hydrogens (tertiary/aromatic N) is 2. The number of ether oxygens (including phenoxy) is 1. The van der Waals surface area contributed by atoms with E-state index < -0.39 is 11.9 Å². The Morgan fingerprint density at radius 2 is 1.87 bits per heavy atom. The quantitative estimate of drug-likeness (QED) is 0.298. The molecule has 0 N–H and O–H groups in total. The molecular weight excluding hydrogens is 392 g/mol. The van der Waals surface area contributed by atoms with E-state index in [1.807, 2.05) is 49.4 Å². The molecule has 0 spiro atoms. The third-order valence-electron chi connectivity index (χ3n) is 4.90. The van der Waals surface area contributed by atoms with E-state index in [2.05, 4.69) is 11.2 Å². The highest BCUT2D eigenvalue weighted by atomic mass is 16.6. The second kappa shape index (κ2) is 12.3. The smallest absolute Gasteiger partial charge is 0.356 e. The van der Waals surface area contributed by atoms with Crippen molar-refractivity contribution in [2.24, 2.45) is 11.1 Å². The summed E-state index contributed by atoms with van der Waals surface area (Å²) in [4.78, 5) is 30.3. The normalized spacial score (nSPS) is 12.0. The van der Waals surface area contributed by atoms with E-state index >= 15 is 0 Å². The van der Waals surface area contributed by atoms with E-state index in [0.717, 1.165) is 29.5 Å². The van der Waals surface area contributed by atoms with Crippen LogP contribution < -0.4 is 0 Å². The molecule has 1 atom stereocenters. The summed E-state index contributed by atoms with van der Waals surface area (Å²) < 4.78 is 5.10. The van der Waals surface area contributed by atoms with Gasteiger partial charge < -0.3 is 9.57 Å². The van der Waals surface area contributed by atoms with E-state index in [0.29, 0.717) is 12.0 Å². The predicted molar refractivity (Wildman–Crippen MR) is 119 cm³/mol. The van der Waals surface area contributed by atoms with Crippen LogP contribution in [0, 0.1) is 17.2 Å². The minimum absolute atomic E-state index is 0.0453. The molecule has 0 aliphatic heterocycles. The lowest BCUT2D eigenvalue weighted by atomic mass is 9.87. The molecule has 0 saturated carbocycles. The first-order valence-electron chi connectivity index (χ1n) is 10.4. The van der Waals surface area contributed by atoms with E-state index in [1.54, 1.807) is 13.0 Å². The van der Waals surface area contributed by atoms with Crippen molar-refractivity contribution in [3.8, 4) is 17.2 Å². The lowest BCUT2D eigenvalue weighted by Crippen LogP contribution is -2.33. The molecule has 0 amide bonds. The first kappa shape index (κ1) is 23.8. The fourth-order valence-electron chi connectivity index (χ4n) is 3.35. The molecule has 0 radical (unpaired) electrons. The van der Waals surface area contributed by atoms with Gasteiger partial charge in [0.25, 0.3) is 0 Å². The van der Waals surface area contributed by atoms with Gasteiger partial charge in [-0.15, -0.1) is 0 Å². The number of hydrogen-bond donors (Lipinski definition) is 0. The zero-order valence-corrected chi connectivity index (χ0v) is 18.3. The van der Waals surface area contributed by atoms with Crippen LogP contribution in [0.2, 0.25) is 0 Å². The summed E-state index contributed by atoms with van der Waals surface area (Å²) in [5.74, 6) is -1.57. The van der Waals surface area contributed by atoms with Gasteiger partial charge in [0.05, 0.1) is 24.2 Å². The number of carbonyl (C=O) groups excluding carboxylic acids is 2. The maximum absolute atomic E-state index is 13.0. The van der Waals surface area contributed by atoms with Crippen LogP contribution in [0.15, 0.2) is 53.7 Å². The van der Waals surface area contributed by atoms with Crippen molar-refractivity contribution >= 4 is 17.5 Å². The van der Waals surface area contributed by atoms with Gasteiger partial charge in [-0.1, -0.05) is 61.0 Å². The summed E-state index contributed by atoms with van der Waals surface area (Å²) in [7, 11) is 1.33. The number of oxime groups is 1. The molecule has 0 bridgehead atoms. The highest BCUT2D eigenvalue weighted by Crippen LogP contribution is 2.26. The lowest BCUT2D eigenvalue weighted by Gasteiger charge is -2.17. The first-order chi connectivity index (χ1) is 15.0. The number of ketones is 1. The van der Waals surface area contributed by atoms with Crippen LogP contribution in [0.5, 0.6) is 0 Å². The van der Waals surface area contributed by atoms with Gasteiger partial charge in [-0.3, -0.25) is 4.79 Å². The van der Waals surface area contributed by atoms with Crippen molar-refractivity contribution in [1.82, 2.24) is 0 Å². The fourth-order valence-corrected chi connectivity index (χ4v) is 3.35. The topological polar surface area (TPSA) is 88.8 Å². The Bertz CT molecular complexity index is 961. The molecule has 2 aromatic rings. The van der Waals surface area contributed by atoms with Crippen LogP contribution in [-0.4, -0.2) is 31.2 Å². The van der Waals surface area contributed by atoms with Gasteiger partial charge in [0.2, 0.25) is 0 Å². The molecule has 2 rings (SSSR count). The second-order valence-electron chi connectivity index (χ2n) is 7.06. The summed E-state index contributed by atoms with van der Waals surface area (Å²) in [5, 5.41) is 13.5. The number of Topliss-reactive ketones (excluding diaryl/α,β-unsaturated/α-hetero) is 1. The van der Waals surface area contributed by atoms with Crippen LogP contribution in [0.25, 0.3) is 11.1 Å². The van der Waals surface area contributed by atoms with Gasteiger partial charge >= 0.3 is 5.97 Å². The van der Waals surface area contributed by atoms with Crippen molar-refractivity contribution in [1.29, 1.82) is 5.26 Å². The first-order valence-corrected chi connectivity index (χ1v) is 10.4. The number of esters is 1. The number of hydrogen-bond acceptors (Lipinski definition) is 6. The SMILES string of the molecule is CCCCC(=O)C(Cc1ccc(-c2ccccc2)c(C#N)c1)C(=NOC)C(=O)OCC. The monoisotopic (exact) mass is 420 g/mol. The van der Waals surface area contributed by atoms with E-state index in [4.69, 9.17) is 9.57 Å². The fraction of sp³-hybridized carbons (Fsp3) is 0.360. The Morgan fingerprint density at radius 1 is 1.13 bits per heavy atom. The summed E-state index contributed by atoms with van der Waals surface area (Å²) in [6.45, 7) is 3.86. The van der Waals surface area contributed by atoms with Crippen LogP contribution >= 0.6 is 0 Å². The van der Waals surface area contributed by atoms with Crippen LogP contribution in [0.4, 0.5) is 0 Å². The molecule has 31 heavy (non-hydrogen) atoms. The molecule has 162 valence electrons. The molecular formula is C25H28N2O4. The summed E-state index contributed by atoms with van der Waals surface area (Å²) in [6, 6.07) is 17.4. The van der Waals surface area contributed by atoms with Crippen molar-refractivity contribution in [3.05, 3.63) is 59.7 Å². The summed E-state index contributed by atoms with van der Waals surface area (Å²) in [6.07, 6.45) is 2.14. The summed E-state index contributed by atoms with van der Waals surface area (Å²) >= 11 is 0. The number of carbonyl (C=O) groups is 2. The Hall–Kier alpha value is -3.46. The Morgan fingerprint density at radius 3 is 2.48 bits per heavy atom. The van der Waals surface area contributed by atoms with Gasteiger partial charge in [0, 0.05) is 6.42 Å². The zero-order valence-electron chi connectivity index (χ0n) is 18.3. The van der Waals surface area contributed by atoms with Gasteiger partial charge in [0.15, 0.2) is 5.71 Å². The highest BCUT2D eigenvalue weighted by Gasteiger charge is 2.31. The molecule has 0 heterocycles. The van der Waals surface area contributed by atoms with Crippen molar-refractivity contribution < 1.29 is 19.2 Å². The molecule has 0 aliphatic rings. The predicted octanol–water partition coefficient (Wildman–Crippen LogP) is 4.71. The standard InChI is InChI=1S/C25H28N2O4/c1-4-6-12-23(28)22(24(27-30-3)25(29)31-5-2)16-18-13-14-21(20(15-18)17-26)19-10-8-7-9-11-19/h7-11,13-15,22H,4-6,12,16H2,1-3H3. The van der Waals surface area contributed by atoms with E-state index in [1.165, 1.54) is 7.11 Å². The number of nitriles is 1. The van der Waals surface area contributed by atoms with Crippen molar-refractivity contribution in [2.45, 2.75) is 39.5 Å². The maximum atomic E-state index is 13.0. The largest absolute Gasteiger partial charge is 0.461 e. The molecule has 0 saturated heterocycles. The highest BCUT2D eigenvalue weighted by molar-refractivity contribution is 6.40. The average molecular weight is 421 g/mol. The second-order valence-corrected chi connectivity index (χ2v) is 7.06. The zero-order chi connectivity index (χ0) is 22.6. The minimum Gasteiger partial charge on any atom is -0.461 e. The molecule has 6 heteroatoms. The number of rotatable bonds is 11. The molecule has 0 aromatic heterocycles. The third-order valence-corrected chi connectivity index (χ3v) is 4.90. The van der Waals surface area contributed by atoms with Gasteiger partial charge in [-0.2, -0.15) is 5.26 Å². The average Bonchev–Trinajstić information content (AvgIpc) is 2.80. The molecule has 0 fully saturated rings. The van der Waals surface area contributed by atoms with Crippen LogP contribution in [0.3, 0.4) is 0 Å². The molecule has 1 unspecified atom stereocenters. The Labute approximate surface area is 183 Å². The van der Waals surface area contributed by atoms with Gasteiger partial charge in [-0.25, -0.2) is 4.79 Å². The number of unbranched alkanes of at least 4 members (excludes halogenated alkanes) is 1. The maximum Gasteiger partial charge on any atom is 0.356 e. The van der Waals surface area contributed by atoms with Crippen molar-refractivity contribution in [2.75, 3.05) is 13.7 Å². The number of benzene rings is 2. The van der Waals surface area contributed by atoms with Crippen LogP contribution in [0.1, 0.15) is 44.2 Å². The van der Waals surface area contributed by atoms with E-state index in [9.17, 15) is 14.9 Å². The van der Waals surface area contributed by atoms with Gasteiger partial charge in [0.1, 0.15) is 12.9 Å². The minimum atomic E-state index is -0.806. The summed E-state index contributed by atoms with van der Waals surface area (Å²) in [5.41, 5.74) is 2.98.